The molecule has 0 aliphatic rings. The molecule has 4 rings (SSSR count). The van der Waals surface area contributed by atoms with Crippen LogP contribution in [-0.4, -0.2) is 31.4 Å². The number of H-pyrrole nitrogens is 1. The molecule has 1 amide bonds. The van der Waals surface area contributed by atoms with Crippen molar-refractivity contribution in [2.24, 2.45) is 0 Å². The van der Waals surface area contributed by atoms with Crippen molar-refractivity contribution in [2.45, 2.75) is 26.4 Å². The summed E-state index contributed by atoms with van der Waals surface area (Å²) in [5.74, 6) is 0.460. The maximum atomic E-state index is 11.9. The fourth-order valence-electron chi connectivity index (χ4n) is 3.05. The predicted octanol–water partition coefficient (Wildman–Crippen LogP) is 4.97. The number of hydrogen-bond acceptors (Lipinski definition) is 6. The number of benzene rings is 2. The Morgan fingerprint density at radius 2 is 1.88 bits per heavy atom. The zero-order valence-electron chi connectivity index (χ0n) is 17.7. The highest BCUT2D eigenvalue weighted by atomic mass is 35.5. The second-order valence-corrected chi connectivity index (χ2v) is 8.50. The summed E-state index contributed by atoms with van der Waals surface area (Å²) < 4.78 is 6.88. The van der Waals surface area contributed by atoms with Gasteiger partial charge in [-0.25, -0.2) is 9.78 Å². The lowest BCUT2D eigenvalue weighted by atomic mass is 10.2. The molecule has 4 aromatic rings. The van der Waals surface area contributed by atoms with Crippen molar-refractivity contribution >= 4 is 45.9 Å². The Bertz CT molecular complexity index is 1340. The molecule has 0 aliphatic heterocycles. The molecule has 32 heavy (non-hydrogen) atoms. The van der Waals surface area contributed by atoms with Gasteiger partial charge in [-0.15, -0.1) is 0 Å². The zero-order chi connectivity index (χ0) is 22.9. The molecule has 0 saturated carbocycles. The first kappa shape index (κ1) is 21.4. The lowest BCUT2D eigenvalue weighted by Gasteiger charge is -2.19. The summed E-state index contributed by atoms with van der Waals surface area (Å²) in [6, 6.07) is 14.3. The summed E-state index contributed by atoms with van der Waals surface area (Å²) in [5, 5.41) is 22.8. The zero-order valence-corrected chi connectivity index (χ0v) is 18.5. The van der Waals surface area contributed by atoms with E-state index in [1.807, 2.05) is 12.1 Å². The van der Waals surface area contributed by atoms with Gasteiger partial charge < -0.3 is 10.1 Å². The monoisotopic (exact) mass is 451 g/mol. The molecule has 0 saturated heterocycles. The van der Waals surface area contributed by atoms with Gasteiger partial charge in [0.1, 0.15) is 22.8 Å². The highest BCUT2D eigenvalue weighted by Crippen LogP contribution is 2.23. The van der Waals surface area contributed by atoms with E-state index in [1.165, 1.54) is 0 Å². The lowest BCUT2D eigenvalue weighted by Crippen LogP contribution is -2.27. The van der Waals surface area contributed by atoms with Crippen LogP contribution in [0.2, 0.25) is 5.02 Å². The number of anilines is 3. The first-order valence-electron chi connectivity index (χ1n) is 9.83. The predicted molar refractivity (Wildman–Crippen MR) is 124 cm³/mol. The topological polar surface area (TPSA) is 121 Å². The summed E-state index contributed by atoms with van der Waals surface area (Å²) in [6.07, 6.45) is 1.03. The average Bonchev–Trinajstić information content (AvgIpc) is 3.12. The van der Waals surface area contributed by atoms with Crippen LogP contribution in [0.25, 0.3) is 16.7 Å². The van der Waals surface area contributed by atoms with Crippen molar-refractivity contribution in [3.8, 4) is 5.69 Å². The van der Waals surface area contributed by atoms with Crippen molar-refractivity contribution in [3.63, 3.8) is 0 Å². The molecule has 2 aromatic carbocycles. The number of carbonyl (C=O) groups excluding carboxylic acids is 1. The number of fused-ring (bicyclic) bond motifs is 1. The molecule has 0 bridgehead atoms. The number of nitrogens with zero attached hydrogens (tertiary/aromatic N) is 3. The average molecular weight is 452 g/mol. The molecule has 164 valence electrons. The summed E-state index contributed by atoms with van der Waals surface area (Å²) in [7, 11) is 0. The van der Waals surface area contributed by atoms with Gasteiger partial charge in [0.05, 0.1) is 0 Å². The number of aromatic amines is 1. The van der Waals surface area contributed by atoms with Crippen LogP contribution in [0.15, 0.2) is 54.9 Å². The molecule has 0 spiro atoms. The molecular weight excluding hydrogens is 430 g/mol. The van der Waals surface area contributed by atoms with E-state index in [0.717, 1.165) is 11.4 Å². The molecule has 9 nitrogen and oxygen atoms in total. The largest absolute Gasteiger partial charge is 0.444 e. The number of amides is 1. The SMILES string of the molecule is CC(C)(C)OC(=O)Nc1ccc(Nc2n[nH]c3ncn(-c4cccc(Cl)c4)c(=N)c23)cc1. The van der Waals surface area contributed by atoms with E-state index < -0.39 is 11.7 Å². The number of rotatable bonds is 4. The third-order valence-corrected chi connectivity index (χ3v) is 4.64. The van der Waals surface area contributed by atoms with Gasteiger partial charge in [-0.3, -0.25) is 20.4 Å². The van der Waals surface area contributed by atoms with Crippen molar-refractivity contribution in [1.29, 1.82) is 5.41 Å². The Morgan fingerprint density at radius 1 is 1.16 bits per heavy atom. The second-order valence-electron chi connectivity index (χ2n) is 8.07. The second kappa shape index (κ2) is 8.35. The first-order valence-corrected chi connectivity index (χ1v) is 10.2. The molecule has 10 heteroatoms. The summed E-state index contributed by atoms with van der Waals surface area (Å²) >= 11 is 6.10. The third kappa shape index (κ3) is 4.73. The third-order valence-electron chi connectivity index (χ3n) is 4.41. The molecule has 0 atom stereocenters. The maximum Gasteiger partial charge on any atom is 0.412 e. The number of nitrogens with one attached hydrogen (secondary N) is 4. The Balaban J connectivity index is 1.58. The van der Waals surface area contributed by atoms with Crippen LogP contribution in [-0.2, 0) is 4.74 Å². The highest BCUT2D eigenvalue weighted by molar-refractivity contribution is 6.30. The van der Waals surface area contributed by atoms with E-state index >= 15 is 0 Å². The summed E-state index contributed by atoms with van der Waals surface area (Å²) in [5.41, 5.74) is 2.16. The lowest BCUT2D eigenvalue weighted by molar-refractivity contribution is 0.0636. The minimum atomic E-state index is -0.573. The molecular formula is C22H22ClN7O2. The Kier molecular flexibility index (Phi) is 5.58. The number of ether oxygens (including phenoxy) is 1. The number of halogens is 1. The number of aromatic nitrogens is 4. The summed E-state index contributed by atoms with van der Waals surface area (Å²) in [4.78, 5) is 16.3. The van der Waals surface area contributed by atoms with E-state index in [4.69, 9.17) is 21.7 Å². The highest BCUT2D eigenvalue weighted by Gasteiger charge is 2.16. The Hall–Kier alpha value is -3.85. The van der Waals surface area contributed by atoms with Crippen molar-refractivity contribution < 1.29 is 9.53 Å². The van der Waals surface area contributed by atoms with E-state index in [1.54, 1.807) is 68.1 Å². The van der Waals surface area contributed by atoms with Gasteiger partial charge in [0, 0.05) is 22.1 Å². The molecule has 2 heterocycles. The maximum absolute atomic E-state index is 11.9. The van der Waals surface area contributed by atoms with E-state index in [9.17, 15) is 4.79 Å². The molecule has 0 unspecified atom stereocenters. The number of hydrogen-bond donors (Lipinski definition) is 4. The summed E-state index contributed by atoms with van der Waals surface area (Å²) in [6.45, 7) is 5.41. The van der Waals surface area contributed by atoms with Crippen molar-refractivity contribution in [2.75, 3.05) is 10.6 Å². The first-order chi connectivity index (χ1) is 15.2. The van der Waals surface area contributed by atoms with E-state index in [-0.39, 0.29) is 5.49 Å². The van der Waals surface area contributed by atoms with Crippen LogP contribution in [0.4, 0.5) is 22.0 Å². The van der Waals surface area contributed by atoms with Gasteiger partial charge >= 0.3 is 6.09 Å². The normalized spacial score (nSPS) is 11.4. The van der Waals surface area contributed by atoms with Gasteiger partial charge in [-0.1, -0.05) is 17.7 Å². The van der Waals surface area contributed by atoms with Gasteiger partial charge in [-0.05, 0) is 63.2 Å². The van der Waals surface area contributed by atoms with Crippen LogP contribution in [0, 0.1) is 5.41 Å². The van der Waals surface area contributed by atoms with Gasteiger partial charge in [-0.2, -0.15) is 5.10 Å². The number of carbonyl (C=O) groups is 1. The Labute approximate surface area is 188 Å². The van der Waals surface area contributed by atoms with Gasteiger partial charge in [0.15, 0.2) is 11.5 Å². The molecule has 0 radical (unpaired) electrons. The quantitative estimate of drug-likeness (QED) is 0.349. The molecule has 4 N–H and O–H groups in total. The van der Waals surface area contributed by atoms with Crippen LogP contribution >= 0.6 is 11.6 Å². The van der Waals surface area contributed by atoms with E-state index in [0.29, 0.717) is 27.6 Å². The van der Waals surface area contributed by atoms with Crippen LogP contribution in [0.5, 0.6) is 0 Å². The van der Waals surface area contributed by atoms with Crippen LogP contribution < -0.4 is 16.1 Å². The smallest absolute Gasteiger partial charge is 0.412 e. The molecule has 0 aliphatic carbocycles. The molecule has 2 aromatic heterocycles. The van der Waals surface area contributed by atoms with E-state index in [2.05, 4.69) is 25.8 Å². The fourth-order valence-corrected chi connectivity index (χ4v) is 3.24. The van der Waals surface area contributed by atoms with Crippen molar-refractivity contribution in [3.05, 3.63) is 65.4 Å². The van der Waals surface area contributed by atoms with Crippen LogP contribution in [0.1, 0.15) is 20.8 Å². The van der Waals surface area contributed by atoms with Gasteiger partial charge in [0.2, 0.25) is 0 Å². The minimum Gasteiger partial charge on any atom is -0.444 e. The van der Waals surface area contributed by atoms with Crippen molar-refractivity contribution in [1.82, 2.24) is 19.7 Å². The van der Waals surface area contributed by atoms with Crippen LogP contribution in [0.3, 0.4) is 0 Å². The molecule has 0 fully saturated rings. The van der Waals surface area contributed by atoms with Gasteiger partial charge in [0.25, 0.3) is 0 Å². The standard InChI is InChI=1S/C22H22ClN7O2/c1-22(2,3)32-21(31)27-15-9-7-14(8-10-15)26-20-17-18(24)30(12-25-19(17)28-29-20)16-6-4-5-13(23)11-16/h4-12,24H,1-3H3,(H,27,31)(H2,26,28,29). The minimum absolute atomic E-state index is 0.205. The fraction of sp³-hybridized carbons (Fsp3) is 0.182. The Morgan fingerprint density at radius 3 is 2.56 bits per heavy atom.